The highest BCUT2D eigenvalue weighted by Crippen LogP contribution is 2.41. The summed E-state index contributed by atoms with van der Waals surface area (Å²) >= 11 is 0. The van der Waals surface area contributed by atoms with Gasteiger partial charge in [-0.2, -0.15) is 0 Å². The van der Waals surface area contributed by atoms with E-state index in [1.807, 2.05) is 0 Å². The summed E-state index contributed by atoms with van der Waals surface area (Å²) in [6.45, 7) is 6.55. The summed E-state index contributed by atoms with van der Waals surface area (Å²) in [5.41, 5.74) is 5.21. The first-order valence-corrected chi connectivity index (χ1v) is 4.95. The predicted octanol–water partition coefficient (Wildman–Crippen LogP) is 1.31. The van der Waals surface area contributed by atoms with Crippen molar-refractivity contribution in [1.82, 2.24) is 0 Å². The van der Waals surface area contributed by atoms with Gasteiger partial charge in [0.15, 0.2) is 0 Å². The van der Waals surface area contributed by atoms with Crippen LogP contribution in [0.4, 0.5) is 0 Å². The van der Waals surface area contributed by atoms with Crippen LogP contribution in [0.5, 0.6) is 0 Å². The van der Waals surface area contributed by atoms with E-state index in [0.29, 0.717) is 18.4 Å². The SMILES string of the molecule is CCOC(=O)C1(N)CC(C(C)C)C1. The smallest absolute Gasteiger partial charge is 0.326 e. The number of carbonyl (C=O) groups is 1. The van der Waals surface area contributed by atoms with Gasteiger partial charge in [-0.1, -0.05) is 13.8 Å². The van der Waals surface area contributed by atoms with E-state index in [0.717, 1.165) is 12.8 Å². The molecule has 0 bridgehead atoms. The van der Waals surface area contributed by atoms with Crippen LogP contribution < -0.4 is 5.73 Å². The van der Waals surface area contributed by atoms with E-state index in [2.05, 4.69) is 13.8 Å². The van der Waals surface area contributed by atoms with Crippen LogP contribution >= 0.6 is 0 Å². The highest BCUT2D eigenvalue weighted by atomic mass is 16.5. The molecule has 1 rings (SSSR count). The molecule has 0 saturated heterocycles. The maximum atomic E-state index is 11.4. The lowest BCUT2D eigenvalue weighted by Gasteiger charge is -2.44. The Morgan fingerprint density at radius 1 is 1.62 bits per heavy atom. The van der Waals surface area contributed by atoms with Gasteiger partial charge in [0.05, 0.1) is 6.61 Å². The highest BCUT2D eigenvalue weighted by molar-refractivity contribution is 5.81. The van der Waals surface area contributed by atoms with Crippen LogP contribution in [0.2, 0.25) is 0 Å². The normalized spacial score (nSPS) is 32.8. The minimum Gasteiger partial charge on any atom is -0.465 e. The quantitative estimate of drug-likeness (QED) is 0.674. The van der Waals surface area contributed by atoms with Gasteiger partial charge in [-0.05, 0) is 31.6 Å². The second kappa shape index (κ2) is 3.66. The summed E-state index contributed by atoms with van der Waals surface area (Å²) in [5.74, 6) is 0.979. The fourth-order valence-corrected chi connectivity index (χ4v) is 1.79. The van der Waals surface area contributed by atoms with Crippen molar-refractivity contribution in [1.29, 1.82) is 0 Å². The molecule has 0 aromatic rings. The molecule has 2 N–H and O–H groups in total. The van der Waals surface area contributed by atoms with Gasteiger partial charge >= 0.3 is 5.97 Å². The number of esters is 1. The number of carbonyl (C=O) groups excluding carboxylic acids is 1. The Morgan fingerprint density at radius 2 is 2.15 bits per heavy atom. The number of hydrogen-bond donors (Lipinski definition) is 1. The molecular weight excluding hydrogens is 166 g/mol. The topological polar surface area (TPSA) is 52.3 Å². The summed E-state index contributed by atoms with van der Waals surface area (Å²) in [7, 11) is 0. The van der Waals surface area contributed by atoms with Crippen LogP contribution in [0.15, 0.2) is 0 Å². The summed E-state index contributed by atoms with van der Waals surface area (Å²) in [6.07, 6.45) is 1.56. The molecule has 0 atom stereocenters. The van der Waals surface area contributed by atoms with E-state index in [4.69, 9.17) is 10.5 Å². The van der Waals surface area contributed by atoms with Gasteiger partial charge in [-0.25, -0.2) is 0 Å². The first-order valence-electron chi connectivity index (χ1n) is 4.95. The minimum atomic E-state index is -0.676. The summed E-state index contributed by atoms with van der Waals surface area (Å²) in [4.78, 5) is 11.4. The molecule has 0 aromatic carbocycles. The zero-order valence-electron chi connectivity index (χ0n) is 8.67. The fraction of sp³-hybridized carbons (Fsp3) is 0.900. The number of hydrogen-bond acceptors (Lipinski definition) is 3. The van der Waals surface area contributed by atoms with Gasteiger partial charge in [-0.3, -0.25) is 4.79 Å². The number of nitrogens with two attached hydrogens (primary N) is 1. The van der Waals surface area contributed by atoms with Crippen LogP contribution in [0.3, 0.4) is 0 Å². The third-order valence-electron chi connectivity index (χ3n) is 2.88. The van der Waals surface area contributed by atoms with Crippen molar-refractivity contribution in [3.63, 3.8) is 0 Å². The maximum absolute atomic E-state index is 11.4. The van der Waals surface area contributed by atoms with Gasteiger partial charge in [0.2, 0.25) is 0 Å². The Kier molecular flexibility index (Phi) is 2.96. The Balaban J connectivity index is 2.41. The Labute approximate surface area is 79.6 Å². The lowest BCUT2D eigenvalue weighted by Crippen LogP contribution is -2.59. The molecule has 0 radical (unpaired) electrons. The van der Waals surface area contributed by atoms with E-state index in [9.17, 15) is 4.79 Å². The molecule has 1 fully saturated rings. The van der Waals surface area contributed by atoms with Crippen molar-refractivity contribution in [2.45, 2.75) is 39.2 Å². The minimum absolute atomic E-state index is 0.230. The lowest BCUT2D eigenvalue weighted by atomic mass is 9.64. The van der Waals surface area contributed by atoms with Crippen LogP contribution in [0.1, 0.15) is 33.6 Å². The van der Waals surface area contributed by atoms with Gasteiger partial charge in [0.1, 0.15) is 5.54 Å². The molecule has 0 spiro atoms. The van der Waals surface area contributed by atoms with E-state index in [1.165, 1.54) is 0 Å². The van der Waals surface area contributed by atoms with E-state index in [-0.39, 0.29) is 5.97 Å². The van der Waals surface area contributed by atoms with Crippen LogP contribution in [0, 0.1) is 11.8 Å². The van der Waals surface area contributed by atoms with Gasteiger partial charge in [0.25, 0.3) is 0 Å². The standard InChI is InChI=1S/C10H19NO2/c1-4-13-9(12)10(11)5-8(6-10)7(2)3/h7-8H,4-6,11H2,1-3H3. The first-order chi connectivity index (χ1) is 5.99. The summed E-state index contributed by atoms with van der Waals surface area (Å²) in [5, 5.41) is 0. The van der Waals surface area contributed by atoms with Gasteiger partial charge < -0.3 is 10.5 Å². The summed E-state index contributed by atoms with van der Waals surface area (Å²) in [6, 6.07) is 0. The second-order valence-corrected chi connectivity index (χ2v) is 4.29. The second-order valence-electron chi connectivity index (χ2n) is 4.29. The van der Waals surface area contributed by atoms with E-state index >= 15 is 0 Å². The number of rotatable bonds is 3. The van der Waals surface area contributed by atoms with E-state index in [1.54, 1.807) is 6.92 Å². The predicted molar refractivity (Wildman–Crippen MR) is 51.1 cm³/mol. The van der Waals surface area contributed by atoms with Gasteiger partial charge in [-0.15, -0.1) is 0 Å². The molecule has 13 heavy (non-hydrogen) atoms. The van der Waals surface area contributed by atoms with Crippen LogP contribution in [-0.2, 0) is 9.53 Å². The van der Waals surface area contributed by atoms with Gasteiger partial charge in [0, 0.05) is 0 Å². The van der Waals surface area contributed by atoms with E-state index < -0.39 is 5.54 Å². The van der Waals surface area contributed by atoms with Crippen molar-refractivity contribution in [3.05, 3.63) is 0 Å². The third-order valence-corrected chi connectivity index (χ3v) is 2.88. The van der Waals surface area contributed by atoms with Crippen LogP contribution in [0.25, 0.3) is 0 Å². The monoisotopic (exact) mass is 185 g/mol. The van der Waals surface area contributed by atoms with Crippen molar-refractivity contribution >= 4 is 5.97 Å². The molecular formula is C10H19NO2. The zero-order chi connectivity index (χ0) is 10.1. The molecule has 0 unspecified atom stereocenters. The Morgan fingerprint density at radius 3 is 2.54 bits per heavy atom. The maximum Gasteiger partial charge on any atom is 0.326 e. The van der Waals surface area contributed by atoms with Crippen molar-refractivity contribution < 1.29 is 9.53 Å². The molecule has 0 aliphatic heterocycles. The molecule has 0 heterocycles. The van der Waals surface area contributed by atoms with Crippen molar-refractivity contribution in [3.8, 4) is 0 Å². The third kappa shape index (κ3) is 2.02. The zero-order valence-corrected chi connectivity index (χ0v) is 8.67. The molecule has 0 aromatic heterocycles. The highest BCUT2D eigenvalue weighted by Gasteiger charge is 2.48. The summed E-state index contributed by atoms with van der Waals surface area (Å²) < 4.78 is 4.91. The van der Waals surface area contributed by atoms with Crippen molar-refractivity contribution in [2.75, 3.05) is 6.61 Å². The average Bonchev–Trinajstić information content (AvgIpc) is 1.98. The Hall–Kier alpha value is -0.570. The number of ether oxygens (including phenoxy) is 1. The molecule has 0 amide bonds. The Bertz CT molecular complexity index is 195. The van der Waals surface area contributed by atoms with Crippen molar-refractivity contribution in [2.24, 2.45) is 17.6 Å². The first kappa shape index (κ1) is 10.5. The molecule has 1 aliphatic rings. The molecule has 1 aliphatic carbocycles. The molecule has 1 saturated carbocycles. The fourth-order valence-electron chi connectivity index (χ4n) is 1.79. The lowest BCUT2D eigenvalue weighted by molar-refractivity contribution is -0.156. The molecule has 76 valence electrons. The largest absolute Gasteiger partial charge is 0.465 e. The van der Waals surface area contributed by atoms with Crippen LogP contribution in [-0.4, -0.2) is 18.1 Å². The molecule has 3 nitrogen and oxygen atoms in total. The molecule has 3 heteroatoms. The average molecular weight is 185 g/mol.